The Kier molecular flexibility index (Phi) is 8.19. The second kappa shape index (κ2) is 14.1. The minimum absolute atomic E-state index is 0.878. The molecule has 0 unspecified atom stereocenters. The molecule has 0 fully saturated rings. The van der Waals surface area contributed by atoms with Crippen LogP contribution in [-0.2, 0) is 0 Å². The lowest BCUT2D eigenvalue weighted by atomic mass is 9.97. The zero-order chi connectivity index (χ0) is 38.4. The molecule has 0 radical (unpaired) electrons. The summed E-state index contributed by atoms with van der Waals surface area (Å²) in [6.45, 7) is 0. The van der Waals surface area contributed by atoms with Crippen molar-refractivity contribution in [1.29, 1.82) is 0 Å². The van der Waals surface area contributed by atoms with Crippen LogP contribution in [0.15, 0.2) is 229 Å². The Morgan fingerprint density at radius 3 is 1.60 bits per heavy atom. The zero-order valence-electron chi connectivity index (χ0n) is 31.7. The molecule has 10 aromatic carbocycles. The Morgan fingerprint density at radius 1 is 0.276 bits per heavy atom. The average molecular weight is 740 g/mol. The minimum Gasteiger partial charge on any atom is -0.456 e. The number of fused-ring (bicyclic) bond motifs is 5. The van der Waals surface area contributed by atoms with Crippen LogP contribution in [0.3, 0.4) is 0 Å². The quantitative estimate of drug-likeness (QED) is 0.151. The van der Waals surface area contributed by atoms with E-state index in [4.69, 9.17) is 4.42 Å². The van der Waals surface area contributed by atoms with Crippen molar-refractivity contribution < 1.29 is 4.42 Å². The van der Waals surface area contributed by atoms with Gasteiger partial charge in [0, 0.05) is 27.7 Å². The fourth-order valence-electron chi connectivity index (χ4n) is 8.49. The lowest BCUT2D eigenvalue weighted by Gasteiger charge is -2.28. The van der Waals surface area contributed by atoms with Crippen molar-refractivity contribution >= 4 is 60.3 Å². The molecule has 58 heavy (non-hydrogen) atoms. The van der Waals surface area contributed by atoms with Crippen LogP contribution in [-0.4, -0.2) is 0 Å². The third-order valence-electron chi connectivity index (χ3n) is 11.4. The van der Waals surface area contributed by atoms with E-state index in [1.165, 1.54) is 60.1 Å². The van der Waals surface area contributed by atoms with Crippen molar-refractivity contribution in [3.63, 3.8) is 0 Å². The summed E-state index contributed by atoms with van der Waals surface area (Å²) < 4.78 is 6.22. The highest BCUT2D eigenvalue weighted by atomic mass is 16.3. The van der Waals surface area contributed by atoms with Gasteiger partial charge in [0.1, 0.15) is 11.3 Å². The normalized spacial score (nSPS) is 11.4. The standard InChI is InChI=1S/C56H37NO/c1-2-12-38(13-3-1)40-16-10-17-41(32-40)39-26-29-49(30-27-39)57(54-36-46-14-4-6-20-51(46)52-21-7-8-22-53(52)54)50-31-28-44-33-43(24-25-45(44)35-50)42-18-11-19-47(34-42)56-37-48-15-5-9-23-55(48)58-56/h1-37H. The SMILES string of the molecule is c1ccc(-c2cccc(-c3ccc(N(c4ccc5cc(-c6cccc(-c7cc8ccccc8o7)c6)ccc5c4)c4cc5ccccc5c5ccccc45)cc3)c2)cc1. The predicted octanol–water partition coefficient (Wildman–Crippen LogP) is 16.0. The molecule has 0 spiro atoms. The van der Waals surface area contributed by atoms with E-state index in [1.54, 1.807) is 0 Å². The molecule has 1 aromatic heterocycles. The molecular formula is C56H37NO. The Morgan fingerprint density at radius 2 is 0.810 bits per heavy atom. The summed E-state index contributed by atoms with van der Waals surface area (Å²) in [7, 11) is 0. The van der Waals surface area contributed by atoms with Gasteiger partial charge >= 0.3 is 0 Å². The van der Waals surface area contributed by atoms with Crippen LogP contribution < -0.4 is 4.90 Å². The maximum atomic E-state index is 6.22. The van der Waals surface area contributed by atoms with Gasteiger partial charge in [-0.25, -0.2) is 0 Å². The number of furan rings is 1. The molecule has 0 aliphatic carbocycles. The first-order valence-electron chi connectivity index (χ1n) is 19.8. The summed E-state index contributed by atoms with van der Waals surface area (Å²) in [5.41, 5.74) is 12.4. The lowest BCUT2D eigenvalue weighted by molar-refractivity contribution is 0.631. The molecule has 2 heteroatoms. The molecule has 0 aliphatic heterocycles. The molecule has 1 heterocycles. The highest BCUT2D eigenvalue weighted by Gasteiger charge is 2.18. The summed E-state index contributed by atoms with van der Waals surface area (Å²) in [4.78, 5) is 2.42. The van der Waals surface area contributed by atoms with Gasteiger partial charge in [-0.1, -0.05) is 164 Å². The van der Waals surface area contributed by atoms with E-state index in [1.807, 2.05) is 18.2 Å². The van der Waals surface area contributed by atoms with Crippen molar-refractivity contribution in [1.82, 2.24) is 0 Å². The van der Waals surface area contributed by atoms with E-state index >= 15 is 0 Å². The molecule has 0 N–H and O–H groups in total. The summed E-state index contributed by atoms with van der Waals surface area (Å²) in [5, 5.41) is 8.40. The molecular weight excluding hydrogens is 703 g/mol. The third-order valence-corrected chi connectivity index (χ3v) is 11.4. The Labute approximate surface area is 337 Å². The van der Waals surface area contributed by atoms with E-state index < -0.39 is 0 Å². The van der Waals surface area contributed by atoms with Crippen molar-refractivity contribution in [3.05, 3.63) is 224 Å². The van der Waals surface area contributed by atoms with Gasteiger partial charge in [0.05, 0.1) is 5.69 Å². The molecule has 272 valence electrons. The molecule has 0 aliphatic rings. The van der Waals surface area contributed by atoms with E-state index in [0.29, 0.717) is 0 Å². The fraction of sp³-hybridized carbons (Fsp3) is 0. The average Bonchev–Trinajstić information content (AvgIpc) is 3.74. The monoisotopic (exact) mass is 739 g/mol. The number of anilines is 3. The van der Waals surface area contributed by atoms with Crippen LogP contribution in [0.5, 0.6) is 0 Å². The van der Waals surface area contributed by atoms with Gasteiger partial charge in [-0.15, -0.1) is 0 Å². The molecule has 11 aromatic rings. The fourth-order valence-corrected chi connectivity index (χ4v) is 8.49. The summed E-state index contributed by atoms with van der Waals surface area (Å²) in [6, 6.07) is 80.8. The number of rotatable bonds is 7. The van der Waals surface area contributed by atoms with Crippen molar-refractivity contribution in [3.8, 4) is 44.7 Å². The molecule has 0 amide bonds. The predicted molar refractivity (Wildman–Crippen MR) is 245 cm³/mol. The number of benzene rings is 10. The Bertz CT molecular complexity index is 3250. The summed E-state index contributed by atoms with van der Waals surface area (Å²) >= 11 is 0. The van der Waals surface area contributed by atoms with E-state index in [2.05, 4.69) is 211 Å². The minimum atomic E-state index is 0.878. The highest BCUT2D eigenvalue weighted by Crippen LogP contribution is 2.43. The lowest BCUT2D eigenvalue weighted by Crippen LogP contribution is -2.10. The molecule has 0 bridgehead atoms. The zero-order valence-corrected chi connectivity index (χ0v) is 31.7. The van der Waals surface area contributed by atoms with Gasteiger partial charge in [0.25, 0.3) is 0 Å². The van der Waals surface area contributed by atoms with Gasteiger partial charge in [-0.05, 0) is 121 Å². The van der Waals surface area contributed by atoms with Crippen LogP contribution in [0.4, 0.5) is 17.1 Å². The number of hydrogen-bond donors (Lipinski definition) is 0. The maximum Gasteiger partial charge on any atom is 0.135 e. The molecule has 11 rings (SSSR count). The van der Waals surface area contributed by atoms with E-state index in [-0.39, 0.29) is 0 Å². The summed E-state index contributed by atoms with van der Waals surface area (Å²) in [5.74, 6) is 0.878. The van der Waals surface area contributed by atoms with Crippen LogP contribution in [0, 0.1) is 0 Å². The van der Waals surface area contributed by atoms with E-state index in [0.717, 1.165) is 44.9 Å². The van der Waals surface area contributed by atoms with E-state index in [9.17, 15) is 0 Å². The van der Waals surface area contributed by atoms with Gasteiger partial charge in [0.15, 0.2) is 0 Å². The smallest absolute Gasteiger partial charge is 0.135 e. The first-order valence-corrected chi connectivity index (χ1v) is 19.8. The molecule has 0 saturated carbocycles. The van der Waals surface area contributed by atoms with Crippen LogP contribution in [0.25, 0.3) is 88.0 Å². The first kappa shape index (κ1) is 33.6. The molecule has 2 nitrogen and oxygen atoms in total. The maximum absolute atomic E-state index is 6.22. The third kappa shape index (κ3) is 6.09. The Hall–Kier alpha value is -7.68. The van der Waals surface area contributed by atoms with Crippen molar-refractivity contribution in [2.75, 3.05) is 4.90 Å². The second-order valence-corrected chi connectivity index (χ2v) is 15.0. The van der Waals surface area contributed by atoms with Crippen LogP contribution in [0.1, 0.15) is 0 Å². The number of hydrogen-bond acceptors (Lipinski definition) is 2. The second-order valence-electron chi connectivity index (χ2n) is 15.0. The molecule has 0 saturated heterocycles. The van der Waals surface area contributed by atoms with Crippen LogP contribution >= 0.6 is 0 Å². The van der Waals surface area contributed by atoms with Gasteiger partial charge in [-0.2, -0.15) is 0 Å². The number of para-hydroxylation sites is 1. The Balaban J connectivity index is 1.01. The van der Waals surface area contributed by atoms with Gasteiger partial charge in [0.2, 0.25) is 0 Å². The first-order chi connectivity index (χ1) is 28.7. The largest absolute Gasteiger partial charge is 0.456 e. The highest BCUT2D eigenvalue weighted by molar-refractivity contribution is 6.14. The topological polar surface area (TPSA) is 16.4 Å². The van der Waals surface area contributed by atoms with Gasteiger partial charge < -0.3 is 9.32 Å². The van der Waals surface area contributed by atoms with Crippen molar-refractivity contribution in [2.24, 2.45) is 0 Å². The molecule has 0 atom stereocenters. The number of nitrogens with zero attached hydrogens (tertiary/aromatic N) is 1. The van der Waals surface area contributed by atoms with Crippen molar-refractivity contribution in [2.45, 2.75) is 0 Å². The van der Waals surface area contributed by atoms with Gasteiger partial charge in [-0.3, -0.25) is 0 Å². The van der Waals surface area contributed by atoms with Crippen LogP contribution in [0.2, 0.25) is 0 Å². The summed E-state index contributed by atoms with van der Waals surface area (Å²) in [6.07, 6.45) is 0.